The zero-order chi connectivity index (χ0) is 26.3. The van der Waals surface area contributed by atoms with Crippen molar-refractivity contribution in [2.45, 2.75) is 96.8 Å². The van der Waals surface area contributed by atoms with E-state index in [4.69, 9.17) is 17.2 Å². The van der Waals surface area contributed by atoms with E-state index in [1.807, 2.05) is 20.8 Å². The average molecular weight is 487 g/mol. The fraction of sp³-hybridized carbons (Fsp3) is 0.826. The number of nitrogens with two attached hydrogens (primary N) is 3. The third-order valence-electron chi connectivity index (χ3n) is 5.96. The summed E-state index contributed by atoms with van der Waals surface area (Å²) in [6.07, 6.45) is 3.67. The van der Waals surface area contributed by atoms with Gasteiger partial charge in [-0.1, -0.05) is 34.1 Å². The van der Waals surface area contributed by atoms with Gasteiger partial charge in [-0.2, -0.15) is 0 Å². The van der Waals surface area contributed by atoms with E-state index in [1.165, 1.54) is 0 Å². The van der Waals surface area contributed by atoms with Crippen LogP contribution in [0, 0.1) is 11.8 Å². The van der Waals surface area contributed by atoms with Crippen LogP contribution in [0.2, 0.25) is 0 Å². The summed E-state index contributed by atoms with van der Waals surface area (Å²) < 4.78 is 0. The van der Waals surface area contributed by atoms with Gasteiger partial charge in [0.25, 0.3) is 0 Å². The Morgan fingerprint density at radius 2 is 1.21 bits per heavy atom. The SMILES string of the molecule is CCC(C)C(NC(=O)C(CCCCN)NC(=O)C(CCCCN)NC(=O)C(N)C(C)C)C(=O)O. The van der Waals surface area contributed by atoms with Crippen molar-refractivity contribution >= 4 is 23.7 Å². The molecule has 0 radical (unpaired) electrons. The third-order valence-corrected chi connectivity index (χ3v) is 5.96. The number of amides is 3. The zero-order valence-electron chi connectivity index (χ0n) is 21.1. The van der Waals surface area contributed by atoms with Gasteiger partial charge >= 0.3 is 5.97 Å². The van der Waals surface area contributed by atoms with E-state index in [2.05, 4.69) is 16.0 Å². The van der Waals surface area contributed by atoms with Crippen LogP contribution in [0.1, 0.15) is 72.6 Å². The minimum Gasteiger partial charge on any atom is -0.480 e. The highest BCUT2D eigenvalue weighted by Crippen LogP contribution is 2.11. The smallest absolute Gasteiger partial charge is 0.326 e. The fourth-order valence-corrected chi connectivity index (χ4v) is 3.30. The van der Waals surface area contributed by atoms with Crippen molar-refractivity contribution in [3.63, 3.8) is 0 Å². The molecule has 34 heavy (non-hydrogen) atoms. The number of unbranched alkanes of at least 4 members (excludes halogenated alkanes) is 2. The van der Waals surface area contributed by atoms with E-state index in [0.29, 0.717) is 51.6 Å². The van der Waals surface area contributed by atoms with Crippen LogP contribution in [0.15, 0.2) is 0 Å². The molecular weight excluding hydrogens is 440 g/mol. The molecule has 0 aromatic carbocycles. The lowest BCUT2D eigenvalue weighted by Crippen LogP contribution is -2.58. The number of aliphatic carboxylic acids is 1. The van der Waals surface area contributed by atoms with Gasteiger partial charge in [-0.25, -0.2) is 4.79 Å². The molecule has 0 aromatic rings. The highest BCUT2D eigenvalue weighted by atomic mass is 16.4. The van der Waals surface area contributed by atoms with Crippen LogP contribution >= 0.6 is 0 Å². The number of rotatable bonds is 18. The second-order valence-corrected chi connectivity index (χ2v) is 9.17. The molecule has 0 aliphatic heterocycles. The molecule has 5 unspecified atom stereocenters. The summed E-state index contributed by atoms with van der Waals surface area (Å²) in [5.74, 6) is -3.09. The second-order valence-electron chi connectivity index (χ2n) is 9.17. The normalized spacial score (nSPS) is 15.6. The van der Waals surface area contributed by atoms with E-state index in [9.17, 15) is 24.3 Å². The highest BCUT2D eigenvalue weighted by Gasteiger charge is 2.31. The quantitative estimate of drug-likeness (QED) is 0.129. The molecule has 0 aromatic heterocycles. The van der Waals surface area contributed by atoms with Crippen LogP contribution in [-0.4, -0.2) is 66.1 Å². The van der Waals surface area contributed by atoms with Gasteiger partial charge in [0.2, 0.25) is 17.7 Å². The standard InChI is InChI=1S/C23H46N6O5/c1-5-15(4)19(23(33)34)29-21(31)17(11-7-9-13-25)27-20(30)16(10-6-8-12-24)28-22(32)18(26)14(2)3/h14-19H,5-13,24-26H2,1-4H3,(H,27,30)(H,28,32)(H,29,31)(H,33,34). The highest BCUT2D eigenvalue weighted by molar-refractivity contribution is 5.94. The summed E-state index contributed by atoms with van der Waals surface area (Å²) in [4.78, 5) is 50.2. The van der Waals surface area contributed by atoms with E-state index in [0.717, 1.165) is 0 Å². The number of carboxylic acid groups (broad SMARTS) is 1. The fourth-order valence-electron chi connectivity index (χ4n) is 3.30. The van der Waals surface area contributed by atoms with Gasteiger partial charge in [-0.3, -0.25) is 14.4 Å². The molecule has 0 fully saturated rings. The van der Waals surface area contributed by atoms with Crippen molar-refractivity contribution in [1.82, 2.24) is 16.0 Å². The first-order chi connectivity index (χ1) is 16.0. The average Bonchev–Trinajstić information content (AvgIpc) is 2.79. The molecule has 0 bridgehead atoms. The first-order valence-corrected chi connectivity index (χ1v) is 12.3. The Labute approximate surface area is 203 Å². The van der Waals surface area contributed by atoms with Crippen molar-refractivity contribution in [3.8, 4) is 0 Å². The largest absolute Gasteiger partial charge is 0.480 e. The molecule has 0 spiro atoms. The molecule has 3 amide bonds. The lowest BCUT2D eigenvalue weighted by Gasteiger charge is -2.27. The predicted octanol–water partition coefficient (Wildman–Crippen LogP) is -0.187. The summed E-state index contributed by atoms with van der Waals surface area (Å²) in [6, 6.07) is -3.70. The molecule has 0 saturated heterocycles. The topological polar surface area (TPSA) is 203 Å². The van der Waals surface area contributed by atoms with E-state index >= 15 is 0 Å². The molecule has 0 heterocycles. The number of hydrogen-bond donors (Lipinski definition) is 7. The van der Waals surface area contributed by atoms with Gasteiger partial charge in [-0.05, 0) is 63.5 Å². The Hall–Kier alpha value is -2.24. The molecule has 198 valence electrons. The molecule has 0 aliphatic carbocycles. The van der Waals surface area contributed by atoms with Crippen LogP contribution in [0.5, 0.6) is 0 Å². The van der Waals surface area contributed by atoms with Crippen molar-refractivity contribution in [1.29, 1.82) is 0 Å². The van der Waals surface area contributed by atoms with Crippen molar-refractivity contribution in [3.05, 3.63) is 0 Å². The maximum Gasteiger partial charge on any atom is 0.326 e. The molecule has 10 N–H and O–H groups in total. The molecule has 11 nitrogen and oxygen atoms in total. The predicted molar refractivity (Wildman–Crippen MR) is 132 cm³/mol. The molecule has 11 heteroatoms. The Balaban J connectivity index is 5.56. The number of carbonyl (C=O) groups is 4. The van der Waals surface area contributed by atoms with Gasteiger partial charge in [0.1, 0.15) is 18.1 Å². The summed E-state index contributed by atoms with van der Waals surface area (Å²) >= 11 is 0. The first kappa shape index (κ1) is 31.8. The summed E-state index contributed by atoms with van der Waals surface area (Å²) in [6.45, 7) is 8.07. The van der Waals surface area contributed by atoms with Crippen molar-refractivity contribution < 1.29 is 24.3 Å². The van der Waals surface area contributed by atoms with Crippen LogP contribution in [-0.2, 0) is 19.2 Å². The van der Waals surface area contributed by atoms with Crippen LogP contribution < -0.4 is 33.2 Å². The van der Waals surface area contributed by atoms with Crippen molar-refractivity contribution in [2.75, 3.05) is 13.1 Å². The lowest BCUT2D eigenvalue weighted by atomic mass is 9.98. The molecule has 0 rings (SSSR count). The second kappa shape index (κ2) is 17.2. The van der Waals surface area contributed by atoms with Gasteiger partial charge in [0.15, 0.2) is 0 Å². The maximum absolute atomic E-state index is 13.1. The number of nitrogens with one attached hydrogen (secondary N) is 3. The molecular formula is C23H46N6O5. The number of carbonyl (C=O) groups excluding carboxylic acids is 3. The Morgan fingerprint density at radius 1 is 0.765 bits per heavy atom. The summed E-state index contributed by atoms with van der Waals surface area (Å²) in [5, 5.41) is 17.5. The van der Waals surface area contributed by atoms with Gasteiger partial charge < -0.3 is 38.3 Å². The Bertz CT molecular complexity index is 645. The number of hydrogen-bond acceptors (Lipinski definition) is 7. The third kappa shape index (κ3) is 11.8. The Kier molecular flexibility index (Phi) is 16.1. The van der Waals surface area contributed by atoms with Crippen LogP contribution in [0.3, 0.4) is 0 Å². The van der Waals surface area contributed by atoms with Gasteiger partial charge in [-0.15, -0.1) is 0 Å². The molecule has 5 atom stereocenters. The lowest BCUT2D eigenvalue weighted by molar-refractivity contribution is -0.144. The van der Waals surface area contributed by atoms with Gasteiger partial charge in [0.05, 0.1) is 6.04 Å². The number of carboxylic acids is 1. The summed E-state index contributed by atoms with van der Waals surface area (Å²) in [5.41, 5.74) is 17.0. The minimum absolute atomic E-state index is 0.115. The van der Waals surface area contributed by atoms with Gasteiger partial charge in [0, 0.05) is 0 Å². The summed E-state index contributed by atoms with van der Waals surface area (Å²) in [7, 11) is 0. The van der Waals surface area contributed by atoms with Crippen molar-refractivity contribution in [2.24, 2.45) is 29.0 Å². The zero-order valence-corrected chi connectivity index (χ0v) is 21.1. The first-order valence-electron chi connectivity index (χ1n) is 12.3. The monoisotopic (exact) mass is 486 g/mol. The van der Waals surface area contributed by atoms with E-state index in [1.54, 1.807) is 6.92 Å². The van der Waals surface area contributed by atoms with E-state index < -0.39 is 47.9 Å². The van der Waals surface area contributed by atoms with Crippen LogP contribution in [0.25, 0.3) is 0 Å². The molecule has 0 saturated carbocycles. The van der Waals surface area contributed by atoms with Crippen LogP contribution in [0.4, 0.5) is 0 Å². The minimum atomic E-state index is -1.13. The maximum atomic E-state index is 13.1. The molecule has 0 aliphatic rings. The Morgan fingerprint density at radius 3 is 1.59 bits per heavy atom. The van der Waals surface area contributed by atoms with E-state index in [-0.39, 0.29) is 18.3 Å².